The Bertz CT molecular complexity index is 476. The molecule has 18 heavy (non-hydrogen) atoms. The molecule has 0 amide bonds. The van der Waals surface area contributed by atoms with E-state index < -0.39 is 12.0 Å². The van der Waals surface area contributed by atoms with E-state index in [-0.39, 0.29) is 12.4 Å². The monoisotopic (exact) mass is 284 g/mol. The van der Waals surface area contributed by atoms with Crippen LogP contribution in [0.5, 0.6) is 0 Å². The molecule has 96 valence electrons. The van der Waals surface area contributed by atoms with E-state index in [1.165, 1.54) is 11.3 Å². The number of anilines is 1. The highest BCUT2D eigenvalue weighted by atomic mass is 35.5. The molecule has 6 heteroatoms. The second kappa shape index (κ2) is 6.98. The van der Waals surface area contributed by atoms with Crippen LogP contribution < -0.4 is 5.32 Å². The van der Waals surface area contributed by atoms with Crippen LogP contribution in [0.3, 0.4) is 0 Å². The average molecular weight is 285 g/mol. The number of nitrogens with one attached hydrogen (secondary N) is 1. The number of aliphatic carboxylic acids is 1. The smallest absolute Gasteiger partial charge is 0.326 e. The van der Waals surface area contributed by atoms with Gasteiger partial charge in [-0.3, -0.25) is 0 Å². The van der Waals surface area contributed by atoms with Crippen LogP contribution in [0, 0.1) is 0 Å². The second-order valence-corrected chi connectivity index (χ2v) is 4.46. The molecule has 2 rings (SSSR count). The molecule has 0 saturated heterocycles. The maximum Gasteiger partial charge on any atom is 0.326 e. The van der Waals surface area contributed by atoms with Gasteiger partial charge in [0.2, 0.25) is 0 Å². The van der Waals surface area contributed by atoms with E-state index in [1.54, 1.807) is 6.20 Å². The Morgan fingerprint density at radius 1 is 1.39 bits per heavy atom. The summed E-state index contributed by atoms with van der Waals surface area (Å²) in [4.78, 5) is 15.2. The van der Waals surface area contributed by atoms with Crippen LogP contribution in [0.1, 0.15) is 5.56 Å². The summed E-state index contributed by atoms with van der Waals surface area (Å²) in [7, 11) is 0. The summed E-state index contributed by atoms with van der Waals surface area (Å²) < 4.78 is 0. The molecule has 1 atom stereocenters. The van der Waals surface area contributed by atoms with Crippen molar-refractivity contribution in [2.75, 3.05) is 5.32 Å². The summed E-state index contributed by atoms with van der Waals surface area (Å²) in [5.74, 6) is -0.871. The number of rotatable bonds is 5. The third kappa shape index (κ3) is 4.01. The Labute approximate surface area is 115 Å². The summed E-state index contributed by atoms with van der Waals surface area (Å²) in [5.41, 5.74) is 0.990. The lowest BCUT2D eigenvalue weighted by atomic mass is 10.1. The molecule has 0 fully saturated rings. The first-order valence-electron chi connectivity index (χ1n) is 5.18. The van der Waals surface area contributed by atoms with E-state index in [1.807, 2.05) is 35.7 Å². The van der Waals surface area contributed by atoms with Crippen LogP contribution in [0.25, 0.3) is 0 Å². The molecule has 0 unspecified atom stereocenters. The van der Waals surface area contributed by atoms with Crippen molar-refractivity contribution < 1.29 is 9.90 Å². The minimum absolute atomic E-state index is 0. The van der Waals surface area contributed by atoms with Crippen molar-refractivity contribution in [2.45, 2.75) is 12.5 Å². The molecule has 0 radical (unpaired) electrons. The SMILES string of the molecule is Cl.O=C(O)[C@H](Cc1ccccc1)Nc1nccs1. The van der Waals surface area contributed by atoms with Crippen molar-refractivity contribution in [1.82, 2.24) is 4.98 Å². The molecule has 2 N–H and O–H groups in total. The zero-order chi connectivity index (χ0) is 12.1. The highest BCUT2D eigenvalue weighted by Crippen LogP contribution is 2.14. The topological polar surface area (TPSA) is 62.2 Å². The standard InChI is InChI=1S/C12H12N2O2S.ClH/c15-11(16)10(14-12-13-6-7-17-12)8-9-4-2-1-3-5-9;/h1-7,10H,8H2,(H,13,14)(H,15,16);1H/t10-;/m0./s1. The van der Waals surface area contributed by atoms with Gasteiger partial charge < -0.3 is 10.4 Å². The Kier molecular flexibility index (Phi) is 5.61. The number of hydrogen-bond donors (Lipinski definition) is 2. The summed E-state index contributed by atoms with van der Waals surface area (Å²) >= 11 is 1.39. The van der Waals surface area contributed by atoms with Crippen molar-refractivity contribution in [3.63, 3.8) is 0 Å². The van der Waals surface area contributed by atoms with Crippen molar-refractivity contribution in [1.29, 1.82) is 0 Å². The molecule has 0 aliphatic heterocycles. The normalized spacial score (nSPS) is 11.3. The lowest BCUT2D eigenvalue weighted by Crippen LogP contribution is -2.31. The summed E-state index contributed by atoms with van der Waals surface area (Å²) in [6.07, 6.45) is 2.09. The summed E-state index contributed by atoms with van der Waals surface area (Å²) in [5, 5.41) is 14.5. The Hall–Kier alpha value is -1.59. The van der Waals surface area contributed by atoms with E-state index in [4.69, 9.17) is 5.11 Å². The van der Waals surface area contributed by atoms with Gasteiger partial charge in [0.25, 0.3) is 0 Å². The molecule has 0 saturated carbocycles. The van der Waals surface area contributed by atoms with Crippen molar-refractivity contribution in [3.05, 3.63) is 47.5 Å². The second-order valence-electron chi connectivity index (χ2n) is 3.56. The van der Waals surface area contributed by atoms with Gasteiger partial charge in [-0.15, -0.1) is 23.7 Å². The summed E-state index contributed by atoms with van der Waals surface area (Å²) in [6, 6.07) is 8.89. The number of benzene rings is 1. The summed E-state index contributed by atoms with van der Waals surface area (Å²) in [6.45, 7) is 0. The quantitative estimate of drug-likeness (QED) is 0.886. The number of carbonyl (C=O) groups is 1. The average Bonchev–Trinajstić information content (AvgIpc) is 2.82. The molecule has 2 aromatic rings. The molecule has 1 heterocycles. The fourth-order valence-corrected chi connectivity index (χ4v) is 2.08. The van der Waals surface area contributed by atoms with Crippen LogP contribution in [0.4, 0.5) is 5.13 Å². The Balaban J connectivity index is 0.00000162. The molecule has 1 aromatic carbocycles. The number of halogens is 1. The van der Waals surface area contributed by atoms with Gasteiger partial charge in [-0.1, -0.05) is 30.3 Å². The first-order valence-corrected chi connectivity index (χ1v) is 6.06. The molecular formula is C12H13ClN2O2S. The Morgan fingerprint density at radius 3 is 2.67 bits per heavy atom. The van der Waals surface area contributed by atoms with E-state index in [9.17, 15) is 4.79 Å². The lowest BCUT2D eigenvalue weighted by Gasteiger charge is -2.13. The number of hydrogen-bond acceptors (Lipinski definition) is 4. The predicted octanol–water partition coefficient (Wildman–Crippen LogP) is 2.67. The van der Waals surface area contributed by atoms with Crippen LogP contribution in [0.15, 0.2) is 41.9 Å². The highest BCUT2D eigenvalue weighted by Gasteiger charge is 2.18. The molecular weight excluding hydrogens is 272 g/mol. The van der Waals surface area contributed by atoms with Gasteiger partial charge in [0.05, 0.1) is 0 Å². The fraction of sp³-hybridized carbons (Fsp3) is 0.167. The molecule has 4 nitrogen and oxygen atoms in total. The third-order valence-corrected chi connectivity index (χ3v) is 3.02. The van der Waals surface area contributed by atoms with Gasteiger partial charge in [0.15, 0.2) is 5.13 Å². The van der Waals surface area contributed by atoms with E-state index in [0.29, 0.717) is 11.6 Å². The van der Waals surface area contributed by atoms with Crippen molar-refractivity contribution in [3.8, 4) is 0 Å². The maximum atomic E-state index is 11.1. The van der Waals surface area contributed by atoms with Gasteiger partial charge in [-0.25, -0.2) is 9.78 Å². The number of nitrogens with zero attached hydrogens (tertiary/aromatic N) is 1. The van der Waals surface area contributed by atoms with E-state index >= 15 is 0 Å². The predicted molar refractivity (Wildman–Crippen MR) is 74.6 cm³/mol. The minimum Gasteiger partial charge on any atom is -0.480 e. The minimum atomic E-state index is -0.871. The number of thiazole rings is 1. The zero-order valence-electron chi connectivity index (χ0n) is 9.45. The van der Waals surface area contributed by atoms with Gasteiger partial charge in [-0.05, 0) is 5.56 Å². The molecule has 1 aromatic heterocycles. The van der Waals surface area contributed by atoms with Crippen LogP contribution >= 0.6 is 23.7 Å². The first-order chi connectivity index (χ1) is 8.25. The fourth-order valence-electron chi connectivity index (χ4n) is 1.49. The van der Waals surface area contributed by atoms with Gasteiger partial charge in [-0.2, -0.15) is 0 Å². The van der Waals surface area contributed by atoms with Crippen LogP contribution in [0.2, 0.25) is 0 Å². The zero-order valence-corrected chi connectivity index (χ0v) is 11.1. The highest BCUT2D eigenvalue weighted by molar-refractivity contribution is 7.13. The van der Waals surface area contributed by atoms with Gasteiger partial charge >= 0.3 is 5.97 Å². The van der Waals surface area contributed by atoms with Crippen LogP contribution in [-0.4, -0.2) is 22.1 Å². The van der Waals surface area contributed by atoms with Crippen molar-refractivity contribution in [2.24, 2.45) is 0 Å². The lowest BCUT2D eigenvalue weighted by molar-refractivity contribution is -0.137. The van der Waals surface area contributed by atoms with Gasteiger partial charge in [0, 0.05) is 18.0 Å². The molecule has 0 spiro atoms. The van der Waals surface area contributed by atoms with Crippen LogP contribution in [-0.2, 0) is 11.2 Å². The molecule has 0 aliphatic rings. The maximum absolute atomic E-state index is 11.1. The van der Waals surface area contributed by atoms with Gasteiger partial charge in [0.1, 0.15) is 6.04 Å². The Morgan fingerprint density at radius 2 is 2.11 bits per heavy atom. The number of carboxylic acid groups (broad SMARTS) is 1. The van der Waals surface area contributed by atoms with E-state index in [2.05, 4.69) is 10.3 Å². The molecule has 0 bridgehead atoms. The van der Waals surface area contributed by atoms with Crippen molar-refractivity contribution >= 4 is 34.8 Å². The van der Waals surface area contributed by atoms with E-state index in [0.717, 1.165) is 5.56 Å². The first kappa shape index (κ1) is 14.5. The number of carboxylic acids is 1. The molecule has 0 aliphatic carbocycles. The third-order valence-electron chi connectivity index (χ3n) is 2.31. The largest absolute Gasteiger partial charge is 0.480 e. The number of aromatic nitrogens is 1.